The predicted molar refractivity (Wildman–Crippen MR) is 44.2 cm³/mol. The molecule has 0 saturated carbocycles. The molecule has 2 N–H and O–H groups in total. The number of nitrogens with zero attached hydrogens (tertiary/aromatic N) is 1. The third-order valence-corrected chi connectivity index (χ3v) is 1.56. The second kappa shape index (κ2) is 3.64. The largest absolute Gasteiger partial charge is 0.392 e. The normalized spacial score (nSPS) is 18.5. The summed E-state index contributed by atoms with van der Waals surface area (Å²) in [6.45, 7) is 1.70. The Morgan fingerprint density at radius 2 is 2.55 bits per heavy atom. The monoisotopic (exact) mass is 174 g/mol. The summed E-state index contributed by atoms with van der Waals surface area (Å²) in [5, 5.41) is 0. The Labute approximate surface area is 70.3 Å². The van der Waals surface area contributed by atoms with Crippen molar-refractivity contribution in [2.24, 2.45) is 5.73 Å². The molecule has 1 heterocycles. The first-order valence-corrected chi connectivity index (χ1v) is 3.75. The van der Waals surface area contributed by atoms with Crippen LogP contribution >= 0.6 is 12.2 Å². The van der Waals surface area contributed by atoms with E-state index in [1.807, 2.05) is 0 Å². The van der Waals surface area contributed by atoms with Crippen molar-refractivity contribution in [2.45, 2.75) is 0 Å². The lowest BCUT2D eigenvalue weighted by molar-refractivity contribution is -0.141. The van der Waals surface area contributed by atoms with Crippen LogP contribution in [0.15, 0.2) is 0 Å². The van der Waals surface area contributed by atoms with E-state index in [1.165, 1.54) is 0 Å². The highest BCUT2D eigenvalue weighted by molar-refractivity contribution is 7.80. The fraction of sp³-hybridized carbons (Fsp3) is 0.667. The van der Waals surface area contributed by atoms with Crippen LogP contribution in [-0.2, 0) is 9.53 Å². The van der Waals surface area contributed by atoms with Gasteiger partial charge in [-0.3, -0.25) is 4.79 Å². The first-order chi connectivity index (χ1) is 5.20. The number of rotatable bonds is 2. The number of carbonyl (C=O) groups excluding carboxylic acids is 1. The molecule has 0 unspecified atom stereocenters. The van der Waals surface area contributed by atoms with Crippen molar-refractivity contribution in [3.05, 3.63) is 0 Å². The van der Waals surface area contributed by atoms with Gasteiger partial charge < -0.3 is 15.4 Å². The van der Waals surface area contributed by atoms with E-state index in [4.69, 9.17) is 10.5 Å². The van der Waals surface area contributed by atoms with Gasteiger partial charge in [-0.15, -0.1) is 0 Å². The van der Waals surface area contributed by atoms with E-state index >= 15 is 0 Å². The van der Waals surface area contributed by atoms with Crippen LogP contribution < -0.4 is 5.73 Å². The Morgan fingerprint density at radius 1 is 1.82 bits per heavy atom. The summed E-state index contributed by atoms with van der Waals surface area (Å²) in [6.07, 6.45) is 0. The summed E-state index contributed by atoms with van der Waals surface area (Å²) >= 11 is 4.67. The summed E-state index contributed by atoms with van der Waals surface area (Å²) in [5.41, 5.74) is 5.28. The van der Waals surface area contributed by atoms with E-state index in [1.54, 1.807) is 4.90 Å². The standard InChI is InChI=1S/C6H10N2O2S/c7-5(11)3-8-1-2-10-4-6(8)9/h1-4H2,(H2,7,11). The molecular formula is C6H10N2O2S. The quantitative estimate of drug-likeness (QED) is 0.553. The summed E-state index contributed by atoms with van der Waals surface area (Å²) in [6, 6.07) is 0. The highest BCUT2D eigenvalue weighted by Crippen LogP contribution is 1.97. The molecule has 1 amide bonds. The number of hydrogen-bond donors (Lipinski definition) is 1. The molecule has 1 aliphatic heterocycles. The van der Waals surface area contributed by atoms with E-state index in [0.717, 1.165) is 0 Å². The predicted octanol–water partition coefficient (Wildman–Crippen LogP) is -0.869. The van der Waals surface area contributed by atoms with Gasteiger partial charge in [0.1, 0.15) is 6.61 Å². The molecule has 5 heteroatoms. The van der Waals surface area contributed by atoms with E-state index in [9.17, 15) is 4.79 Å². The number of carbonyl (C=O) groups is 1. The number of amides is 1. The van der Waals surface area contributed by atoms with Gasteiger partial charge in [-0.25, -0.2) is 0 Å². The zero-order valence-corrected chi connectivity index (χ0v) is 6.89. The van der Waals surface area contributed by atoms with Crippen LogP contribution in [0.3, 0.4) is 0 Å². The number of nitrogens with two attached hydrogens (primary N) is 1. The highest BCUT2D eigenvalue weighted by atomic mass is 32.1. The van der Waals surface area contributed by atoms with E-state index < -0.39 is 0 Å². The SMILES string of the molecule is NC(=S)CN1CCOCC1=O. The van der Waals surface area contributed by atoms with Crippen molar-refractivity contribution < 1.29 is 9.53 Å². The number of thiocarbonyl (C=S) groups is 1. The molecule has 0 aromatic carbocycles. The van der Waals surface area contributed by atoms with Gasteiger partial charge in [0.25, 0.3) is 0 Å². The van der Waals surface area contributed by atoms with Crippen LogP contribution in [-0.4, -0.2) is 42.1 Å². The maximum absolute atomic E-state index is 11.0. The van der Waals surface area contributed by atoms with Crippen LogP contribution in [0.1, 0.15) is 0 Å². The zero-order valence-electron chi connectivity index (χ0n) is 6.08. The van der Waals surface area contributed by atoms with Crippen molar-refractivity contribution in [1.29, 1.82) is 0 Å². The number of ether oxygens (including phenoxy) is 1. The van der Waals surface area contributed by atoms with Gasteiger partial charge in [-0.05, 0) is 0 Å². The third kappa shape index (κ3) is 2.44. The maximum Gasteiger partial charge on any atom is 0.249 e. The van der Waals surface area contributed by atoms with E-state index in [0.29, 0.717) is 24.7 Å². The zero-order chi connectivity index (χ0) is 8.27. The van der Waals surface area contributed by atoms with Gasteiger partial charge in [0, 0.05) is 6.54 Å². The highest BCUT2D eigenvalue weighted by Gasteiger charge is 2.18. The maximum atomic E-state index is 11.0. The Balaban J connectivity index is 2.42. The lowest BCUT2D eigenvalue weighted by Gasteiger charge is -2.25. The van der Waals surface area contributed by atoms with Crippen LogP contribution in [0.25, 0.3) is 0 Å². The lowest BCUT2D eigenvalue weighted by atomic mass is 10.4. The first-order valence-electron chi connectivity index (χ1n) is 3.34. The smallest absolute Gasteiger partial charge is 0.249 e. The van der Waals surface area contributed by atoms with Gasteiger partial charge in [-0.1, -0.05) is 12.2 Å². The van der Waals surface area contributed by atoms with Crippen LogP contribution in [0.2, 0.25) is 0 Å². The van der Waals surface area contributed by atoms with E-state index in [2.05, 4.69) is 12.2 Å². The molecule has 0 atom stereocenters. The summed E-state index contributed by atoms with van der Waals surface area (Å²) in [4.78, 5) is 13.0. The molecule has 0 radical (unpaired) electrons. The van der Waals surface area contributed by atoms with Crippen LogP contribution in [0, 0.1) is 0 Å². The minimum Gasteiger partial charge on any atom is -0.392 e. The lowest BCUT2D eigenvalue weighted by Crippen LogP contribution is -2.45. The average Bonchev–Trinajstić information content (AvgIpc) is 1.93. The second-order valence-corrected chi connectivity index (χ2v) is 2.86. The molecule has 0 spiro atoms. The van der Waals surface area contributed by atoms with Gasteiger partial charge in [0.2, 0.25) is 5.91 Å². The minimum absolute atomic E-state index is 0.0379. The summed E-state index contributed by atoms with van der Waals surface area (Å²) < 4.78 is 4.92. The fourth-order valence-corrected chi connectivity index (χ4v) is 1.06. The first kappa shape index (κ1) is 8.42. The second-order valence-electron chi connectivity index (χ2n) is 2.33. The molecule has 0 bridgehead atoms. The van der Waals surface area contributed by atoms with Crippen molar-refractivity contribution in [3.8, 4) is 0 Å². The molecule has 1 rings (SSSR count). The Kier molecular flexibility index (Phi) is 2.78. The summed E-state index contributed by atoms with van der Waals surface area (Å²) in [5.74, 6) is -0.0379. The van der Waals surface area contributed by atoms with Crippen molar-refractivity contribution in [2.75, 3.05) is 26.3 Å². The Morgan fingerprint density at radius 3 is 3.09 bits per heavy atom. The summed E-state index contributed by atoms with van der Waals surface area (Å²) in [7, 11) is 0. The molecule has 0 aliphatic carbocycles. The number of morpholine rings is 1. The molecule has 0 aromatic heterocycles. The minimum atomic E-state index is -0.0379. The Hall–Kier alpha value is -0.680. The van der Waals surface area contributed by atoms with Crippen molar-refractivity contribution in [1.82, 2.24) is 4.90 Å². The number of hydrogen-bond acceptors (Lipinski definition) is 3. The van der Waals surface area contributed by atoms with Crippen molar-refractivity contribution >= 4 is 23.1 Å². The molecule has 1 saturated heterocycles. The molecule has 4 nitrogen and oxygen atoms in total. The third-order valence-electron chi connectivity index (χ3n) is 1.43. The Bertz CT molecular complexity index is 183. The average molecular weight is 174 g/mol. The molecular weight excluding hydrogens is 164 g/mol. The van der Waals surface area contributed by atoms with Gasteiger partial charge >= 0.3 is 0 Å². The molecule has 1 fully saturated rings. The molecule has 62 valence electrons. The van der Waals surface area contributed by atoms with Gasteiger partial charge in [0.05, 0.1) is 18.1 Å². The fourth-order valence-electron chi connectivity index (χ4n) is 0.906. The van der Waals surface area contributed by atoms with Gasteiger partial charge in [0.15, 0.2) is 0 Å². The molecule has 0 aromatic rings. The molecule has 1 aliphatic rings. The topological polar surface area (TPSA) is 55.6 Å². The van der Waals surface area contributed by atoms with Gasteiger partial charge in [-0.2, -0.15) is 0 Å². The van der Waals surface area contributed by atoms with E-state index in [-0.39, 0.29) is 12.5 Å². The van der Waals surface area contributed by atoms with Crippen LogP contribution in [0.4, 0.5) is 0 Å². The van der Waals surface area contributed by atoms with Crippen LogP contribution in [0.5, 0.6) is 0 Å². The van der Waals surface area contributed by atoms with Crippen molar-refractivity contribution in [3.63, 3.8) is 0 Å². The molecule has 11 heavy (non-hydrogen) atoms.